The van der Waals surface area contributed by atoms with Gasteiger partial charge in [-0.15, -0.1) is 0 Å². The first-order valence-corrected chi connectivity index (χ1v) is 11.3. The molecule has 32 heavy (non-hydrogen) atoms. The average molecular weight is 553 g/mol. The standard InChI is InChI=1S/C19H14BrClF3N3O4S/c1-27-16(15(20)17(26-27)19(22,23)24)18(28)25-11-7-12(31-2)9-14(8-11)32(29,30)13-5-3-10(21)4-6-13/h3-9H,1-2H3,(H,25,28). The molecule has 0 spiro atoms. The number of aromatic nitrogens is 2. The molecule has 13 heteroatoms. The molecule has 0 aliphatic heterocycles. The van der Waals surface area contributed by atoms with Crippen LogP contribution in [0.5, 0.6) is 5.75 Å². The minimum atomic E-state index is -4.77. The summed E-state index contributed by atoms with van der Waals surface area (Å²) in [6, 6.07) is 9.21. The molecule has 1 aromatic heterocycles. The zero-order valence-electron chi connectivity index (χ0n) is 16.4. The largest absolute Gasteiger partial charge is 0.497 e. The van der Waals surface area contributed by atoms with Crippen molar-refractivity contribution in [3.8, 4) is 5.75 Å². The molecule has 3 rings (SSSR count). The monoisotopic (exact) mass is 551 g/mol. The molecule has 0 aliphatic carbocycles. The quantitative estimate of drug-likeness (QED) is 0.484. The summed E-state index contributed by atoms with van der Waals surface area (Å²) >= 11 is 8.57. The fourth-order valence-corrected chi connectivity index (χ4v) is 4.97. The van der Waals surface area contributed by atoms with Gasteiger partial charge in [-0.25, -0.2) is 8.42 Å². The van der Waals surface area contributed by atoms with Crippen molar-refractivity contribution in [1.82, 2.24) is 9.78 Å². The number of sulfone groups is 1. The lowest BCUT2D eigenvalue weighted by Gasteiger charge is -2.12. The van der Waals surface area contributed by atoms with Crippen molar-refractivity contribution in [3.05, 3.63) is 63.3 Å². The Balaban J connectivity index is 2.01. The van der Waals surface area contributed by atoms with Crippen molar-refractivity contribution in [1.29, 1.82) is 0 Å². The summed E-state index contributed by atoms with van der Waals surface area (Å²) in [5.74, 6) is -0.833. The van der Waals surface area contributed by atoms with E-state index in [1.165, 1.54) is 56.6 Å². The van der Waals surface area contributed by atoms with Crippen molar-refractivity contribution < 1.29 is 31.1 Å². The first kappa shape index (κ1) is 24.1. The van der Waals surface area contributed by atoms with Gasteiger partial charge < -0.3 is 10.1 Å². The molecule has 0 saturated heterocycles. The highest BCUT2D eigenvalue weighted by atomic mass is 79.9. The molecule has 0 saturated carbocycles. The molecule has 0 bridgehead atoms. The highest BCUT2D eigenvalue weighted by Crippen LogP contribution is 2.36. The molecular weight excluding hydrogens is 539 g/mol. The smallest absolute Gasteiger partial charge is 0.436 e. The lowest BCUT2D eigenvalue weighted by atomic mass is 10.2. The SMILES string of the molecule is COc1cc(NC(=O)c2c(Br)c(C(F)(F)F)nn2C)cc(S(=O)(=O)c2ccc(Cl)cc2)c1. The molecule has 1 heterocycles. The maximum Gasteiger partial charge on any atom is 0.436 e. The number of ether oxygens (including phenoxy) is 1. The van der Waals surface area contributed by atoms with Crippen LogP contribution in [-0.2, 0) is 23.1 Å². The van der Waals surface area contributed by atoms with Crippen LogP contribution in [0, 0.1) is 0 Å². The van der Waals surface area contributed by atoms with E-state index in [9.17, 15) is 26.4 Å². The molecule has 0 radical (unpaired) electrons. The van der Waals surface area contributed by atoms with E-state index in [0.29, 0.717) is 5.02 Å². The number of methoxy groups -OCH3 is 1. The zero-order valence-corrected chi connectivity index (χ0v) is 19.5. The van der Waals surface area contributed by atoms with Gasteiger partial charge in [-0.05, 0) is 52.3 Å². The van der Waals surface area contributed by atoms with E-state index in [1.807, 2.05) is 0 Å². The number of hydrogen-bond donors (Lipinski definition) is 1. The number of nitrogens with one attached hydrogen (secondary N) is 1. The average Bonchev–Trinajstić information content (AvgIpc) is 3.02. The Morgan fingerprint density at radius 2 is 1.78 bits per heavy atom. The molecule has 1 N–H and O–H groups in total. The van der Waals surface area contributed by atoms with Crippen LogP contribution in [0.15, 0.2) is 56.7 Å². The highest BCUT2D eigenvalue weighted by Gasteiger charge is 2.39. The number of rotatable bonds is 5. The molecule has 0 aliphatic rings. The van der Waals surface area contributed by atoms with Crippen molar-refractivity contribution in [2.24, 2.45) is 7.05 Å². The van der Waals surface area contributed by atoms with Crippen molar-refractivity contribution in [3.63, 3.8) is 0 Å². The number of carbonyl (C=O) groups is 1. The summed E-state index contributed by atoms with van der Waals surface area (Å²) in [5, 5.41) is 6.07. The molecule has 0 unspecified atom stereocenters. The van der Waals surface area contributed by atoms with Gasteiger partial charge in [0.2, 0.25) is 9.84 Å². The van der Waals surface area contributed by atoms with E-state index < -0.39 is 37.8 Å². The third kappa shape index (κ3) is 4.76. The Morgan fingerprint density at radius 3 is 2.31 bits per heavy atom. The van der Waals surface area contributed by atoms with E-state index in [4.69, 9.17) is 16.3 Å². The third-order valence-corrected chi connectivity index (χ3v) is 7.03. The van der Waals surface area contributed by atoms with Crippen LogP contribution in [0.25, 0.3) is 0 Å². The van der Waals surface area contributed by atoms with E-state index in [1.54, 1.807) is 0 Å². The van der Waals surface area contributed by atoms with Crippen LogP contribution < -0.4 is 10.1 Å². The number of benzene rings is 2. The van der Waals surface area contributed by atoms with Gasteiger partial charge >= 0.3 is 6.18 Å². The fraction of sp³-hybridized carbons (Fsp3) is 0.158. The molecule has 0 fully saturated rings. The van der Waals surface area contributed by atoms with E-state index >= 15 is 0 Å². The second-order valence-corrected chi connectivity index (χ2v) is 9.62. The topological polar surface area (TPSA) is 90.3 Å². The predicted octanol–water partition coefficient (Wildman–Crippen LogP) is 4.95. The Hall–Kier alpha value is -2.57. The molecule has 3 aromatic rings. The summed E-state index contributed by atoms with van der Waals surface area (Å²) in [6.45, 7) is 0. The Kier molecular flexibility index (Phi) is 6.59. The Bertz CT molecular complexity index is 1290. The van der Waals surface area contributed by atoms with Crippen LogP contribution in [0.4, 0.5) is 18.9 Å². The van der Waals surface area contributed by atoms with Gasteiger partial charge in [0.05, 0.1) is 21.4 Å². The predicted molar refractivity (Wildman–Crippen MR) is 114 cm³/mol. The minimum Gasteiger partial charge on any atom is -0.497 e. The van der Waals surface area contributed by atoms with Gasteiger partial charge in [-0.3, -0.25) is 9.48 Å². The van der Waals surface area contributed by atoms with E-state index in [-0.39, 0.29) is 21.2 Å². The van der Waals surface area contributed by atoms with E-state index in [2.05, 4.69) is 26.3 Å². The highest BCUT2D eigenvalue weighted by molar-refractivity contribution is 9.10. The van der Waals surface area contributed by atoms with Crippen LogP contribution >= 0.6 is 27.5 Å². The normalized spacial score (nSPS) is 12.0. The maximum absolute atomic E-state index is 13.1. The van der Waals surface area contributed by atoms with Gasteiger partial charge in [-0.1, -0.05) is 11.6 Å². The summed E-state index contributed by atoms with van der Waals surface area (Å²) < 4.78 is 70.5. The number of amides is 1. The zero-order chi connectivity index (χ0) is 23.8. The lowest BCUT2D eigenvalue weighted by molar-refractivity contribution is -0.142. The van der Waals surface area contributed by atoms with Gasteiger partial charge in [0.25, 0.3) is 5.91 Å². The van der Waals surface area contributed by atoms with Crippen molar-refractivity contribution in [2.75, 3.05) is 12.4 Å². The second kappa shape index (κ2) is 8.75. The number of alkyl halides is 3. The summed E-state index contributed by atoms with van der Waals surface area (Å²) in [6.07, 6.45) is -4.77. The minimum absolute atomic E-state index is 0.0106. The van der Waals surface area contributed by atoms with Crippen LogP contribution in [0.2, 0.25) is 5.02 Å². The molecule has 0 atom stereocenters. The maximum atomic E-state index is 13.1. The van der Waals surface area contributed by atoms with E-state index in [0.717, 1.165) is 4.68 Å². The van der Waals surface area contributed by atoms with Crippen LogP contribution in [0.1, 0.15) is 16.2 Å². The molecular formula is C19H14BrClF3N3O4S. The number of anilines is 1. The number of carbonyl (C=O) groups excluding carboxylic acids is 1. The van der Waals surface area contributed by atoms with Crippen LogP contribution in [-0.4, -0.2) is 31.2 Å². The molecule has 170 valence electrons. The van der Waals surface area contributed by atoms with Gasteiger partial charge in [0.15, 0.2) is 5.69 Å². The molecule has 7 nitrogen and oxygen atoms in total. The van der Waals surface area contributed by atoms with Gasteiger partial charge in [0.1, 0.15) is 11.4 Å². The van der Waals surface area contributed by atoms with Gasteiger partial charge in [0, 0.05) is 23.8 Å². The van der Waals surface area contributed by atoms with Crippen molar-refractivity contribution >= 4 is 49.0 Å². The summed E-state index contributed by atoms with van der Waals surface area (Å²) in [4.78, 5) is 12.4. The summed E-state index contributed by atoms with van der Waals surface area (Å²) in [7, 11) is -1.53. The Morgan fingerprint density at radius 1 is 1.16 bits per heavy atom. The van der Waals surface area contributed by atoms with Gasteiger partial charge in [-0.2, -0.15) is 18.3 Å². The summed E-state index contributed by atoms with van der Waals surface area (Å²) in [5.41, 5.74) is -1.67. The number of halogens is 5. The lowest BCUT2D eigenvalue weighted by Crippen LogP contribution is -2.17. The van der Waals surface area contributed by atoms with Crippen LogP contribution in [0.3, 0.4) is 0 Å². The molecule has 2 aromatic carbocycles. The third-order valence-electron chi connectivity index (χ3n) is 4.28. The first-order chi connectivity index (χ1) is 14.8. The second-order valence-electron chi connectivity index (χ2n) is 6.44. The Labute approximate surface area is 194 Å². The fourth-order valence-electron chi connectivity index (χ4n) is 2.78. The number of aryl methyl sites for hydroxylation is 1. The first-order valence-electron chi connectivity index (χ1n) is 8.65. The molecule has 1 amide bonds. The number of hydrogen-bond acceptors (Lipinski definition) is 5. The van der Waals surface area contributed by atoms with Crippen molar-refractivity contribution in [2.45, 2.75) is 16.0 Å². The number of nitrogens with zero attached hydrogens (tertiary/aromatic N) is 2.